The van der Waals surface area contributed by atoms with Gasteiger partial charge in [-0.15, -0.1) is 11.3 Å². The van der Waals surface area contributed by atoms with E-state index in [1.165, 1.54) is 17.4 Å². The molecule has 17 nitrogen and oxygen atoms in total. The number of nitrogens with one attached hydrogen (secondary N) is 3. The molecule has 7 heterocycles. The predicted molar refractivity (Wildman–Crippen MR) is 238 cm³/mol. The van der Waals surface area contributed by atoms with Gasteiger partial charge < -0.3 is 15.1 Å². The van der Waals surface area contributed by atoms with Crippen LogP contribution >= 0.6 is 11.3 Å². The Kier molecular flexibility index (Phi) is 11.7. The van der Waals surface area contributed by atoms with Gasteiger partial charge in [-0.05, 0) is 88.0 Å². The summed E-state index contributed by atoms with van der Waals surface area (Å²) in [6, 6.07) is 10.5. The number of hydrogen-bond donors (Lipinski definition) is 3. The summed E-state index contributed by atoms with van der Waals surface area (Å²) < 4.78 is 43.7. The van der Waals surface area contributed by atoms with Crippen molar-refractivity contribution >= 4 is 68.2 Å². The minimum atomic E-state index is -3.74. The monoisotopic (exact) mass is 912 g/mol. The van der Waals surface area contributed by atoms with Crippen LogP contribution < -0.4 is 20.3 Å². The first-order valence-electron chi connectivity index (χ1n) is 21.7. The molecule has 5 aliphatic rings. The van der Waals surface area contributed by atoms with Crippen LogP contribution in [0.3, 0.4) is 0 Å². The van der Waals surface area contributed by atoms with E-state index in [1.54, 1.807) is 50.5 Å². The maximum Gasteiger partial charge on any atom is 0.262 e. The zero-order chi connectivity index (χ0) is 44.9. The van der Waals surface area contributed by atoms with Gasteiger partial charge in [-0.2, -0.15) is 0 Å². The number of rotatable bonds is 12. The predicted octanol–water partition coefficient (Wildman–Crippen LogP) is 4.31. The average molecular weight is 913 g/mol. The number of imide groups is 2. The summed E-state index contributed by atoms with van der Waals surface area (Å²) in [6.45, 7) is 6.35. The number of carbonyl (C=O) groups is 5. The standard InChI is InChI=1S/C44H49FN10O7S2/c1-3-21-64(61,62)51-31-6-4-5-29(36(31)45)37-38(32-11-16-47-43(46-2)48-32)63-40(50-37)26-12-17-53(18-13-26)35(57)23-52-19-14-44(15-20-52)24-54(25-44)27-7-8-28-30(22-27)42(60)55(41(28)59)33-9-10-34(56)49-39(33)58/h4-8,11,16,22,26,33,51H,3,9-10,12-15,17-21,23-25H2,1-2H3,(H,46,47,48)(H,49,56,58)/t33-/m1/s1. The lowest BCUT2D eigenvalue weighted by molar-refractivity contribution is -0.136. The van der Waals surface area contributed by atoms with E-state index in [9.17, 15) is 32.4 Å². The second-order valence-corrected chi connectivity index (χ2v) is 20.2. The Hall–Kier alpha value is -5.86. The van der Waals surface area contributed by atoms with Crippen molar-refractivity contribution in [1.82, 2.24) is 35.0 Å². The van der Waals surface area contributed by atoms with E-state index < -0.39 is 45.5 Å². The summed E-state index contributed by atoms with van der Waals surface area (Å²) >= 11 is 1.42. The number of carbonyl (C=O) groups excluding carboxylic acids is 5. The van der Waals surface area contributed by atoms with Gasteiger partial charge in [0.1, 0.15) is 6.04 Å². The number of hydrogen-bond acceptors (Lipinski definition) is 14. The van der Waals surface area contributed by atoms with Crippen LogP contribution in [0.5, 0.6) is 0 Å². The quantitative estimate of drug-likeness (QED) is 0.170. The molecule has 4 aromatic rings. The Morgan fingerprint density at radius 2 is 1.70 bits per heavy atom. The number of halogens is 1. The molecule has 0 radical (unpaired) electrons. The number of benzene rings is 2. The summed E-state index contributed by atoms with van der Waals surface area (Å²) in [7, 11) is -2.03. The highest BCUT2D eigenvalue weighted by Crippen LogP contribution is 2.45. The van der Waals surface area contributed by atoms with Gasteiger partial charge >= 0.3 is 0 Å². The molecule has 5 aliphatic heterocycles. The maximum atomic E-state index is 16.2. The van der Waals surface area contributed by atoms with E-state index in [1.807, 2.05) is 11.0 Å². The number of likely N-dealkylation sites (tertiary alicyclic amines) is 2. The molecule has 5 amide bonds. The van der Waals surface area contributed by atoms with Crippen molar-refractivity contribution in [2.75, 3.05) is 73.6 Å². The molecule has 9 rings (SSSR count). The fourth-order valence-corrected chi connectivity index (χ4v) is 11.9. The van der Waals surface area contributed by atoms with E-state index in [2.05, 4.69) is 35.1 Å². The minimum Gasteiger partial charge on any atom is -0.370 e. The van der Waals surface area contributed by atoms with Crippen molar-refractivity contribution in [1.29, 1.82) is 0 Å². The lowest BCUT2D eigenvalue weighted by atomic mass is 9.71. The van der Waals surface area contributed by atoms with Crippen LogP contribution in [0.4, 0.5) is 21.7 Å². The van der Waals surface area contributed by atoms with Crippen molar-refractivity contribution in [2.45, 2.75) is 63.8 Å². The Labute approximate surface area is 373 Å². The van der Waals surface area contributed by atoms with Gasteiger partial charge in [-0.3, -0.25) is 43.8 Å². The number of amides is 5. The number of fused-ring (bicyclic) bond motifs is 1. The first-order valence-corrected chi connectivity index (χ1v) is 24.1. The third-order valence-electron chi connectivity index (χ3n) is 13.1. The lowest BCUT2D eigenvalue weighted by Gasteiger charge is -2.55. The highest BCUT2D eigenvalue weighted by Gasteiger charge is 2.48. The van der Waals surface area contributed by atoms with Gasteiger partial charge in [0, 0.05) is 68.4 Å². The fourth-order valence-electron chi connectivity index (χ4n) is 9.52. The summed E-state index contributed by atoms with van der Waals surface area (Å²) in [5, 5.41) is 5.97. The zero-order valence-corrected chi connectivity index (χ0v) is 37.2. The largest absolute Gasteiger partial charge is 0.370 e. The van der Waals surface area contributed by atoms with Crippen molar-refractivity contribution in [3.05, 3.63) is 70.6 Å². The molecule has 4 saturated heterocycles. The van der Waals surface area contributed by atoms with Crippen LogP contribution in [0.1, 0.15) is 83.5 Å². The Morgan fingerprint density at radius 3 is 2.42 bits per heavy atom. The number of piperidine rings is 3. The first-order chi connectivity index (χ1) is 30.7. The summed E-state index contributed by atoms with van der Waals surface area (Å²) in [6.07, 6.45) is 5.38. The summed E-state index contributed by atoms with van der Waals surface area (Å²) in [4.78, 5) is 86.1. The SMILES string of the molecule is CCCS(=O)(=O)Nc1cccc(-c2nc(C3CCN(C(=O)CN4CCC5(CC4)CN(c4ccc6c(c4)C(=O)N([C@@H]4CCC(=O)NC4=O)C6=O)C5)CC3)sc2-c2ccnc(NC)n2)c1F. The third kappa shape index (κ3) is 8.33. The third-order valence-corrected chi connectivity index (χ3v) is 15.8. The van der Waals surface area contributed by atoms with Gasteiger partial charge in [0.25, 0.3) is 11.8 Å². The summed E-state index contributed by atoms with van der Waals surface area (Å²) in [5.74, 6) is -2.45. The van der Waals surface area contributed by atoms with Crippen molar-refractivity contribution in [3.63, 3.8) is 0 Å². The number of thiazole rings is 1. The van der Waals surface area contributed by atoms with Gasteiger partial charge in [0.2, 0.25) is 33.7 Å². The highest BCUT2D eigenvalue weighted by atomic mass is 32.2. The van der Waals surface area contributed by atoms with Crippen molar-refractivity contribution in [3.8, 4) is 21.8 Å². The number of aromatic nitrogens is 3. The Morgan fingerprint density at radius 1 is 0.953 bits per heavy atom. The van der Waals surface area contributed by atoms with E-state index >= 15 is 4.39 Å². The van der Waals surface area contributed by atoms with Crippen LogP contribution in [0.2, 0.25) is 0 Å². The molecule has 336 valence electrons. The van der Waals surface area contributed by atoms with Gasteiger partial charge in [-0.25, -0.2) is 27.8 Å². The molecule has 1 atom stereocenters. The van der Waals surface area contributed by atoms with Gasteiger partial charge in [0.15, 0.2) is 5.82 Å². The van der Waals surface area contributed by atoms with E-state index in [4.69, 9.17) is 4.98 Å². The Bertz CT molecular complexity index is 2650. The molecule has 0 saturated carbocycles. The molecule has 20 heteroatoms. The van der Waals surface area contributed by atoms with Gasteiger partial charge in [-0.1, -0.05) is 13.0 Å². The van der Waals surface area contributed by atoms with E-state index in [0.29, 0.717) is 61.1 Å². The average Bonchev–Trinajstić information content (AvgIpc) is 3.82. The molecule has 1 spiro atoms. The molecular formula is C44H49FN10O7S2. The number of nitrogens with zero attached hydrogens (tertiary/aromatic N) is 7. The molecule has 2 aromatic heterocycles. The molecule has 0 bridgehead atoms. The zero-order valence-electron chi connectivity index (χ0n) is 35.6. The maximum absolute atomic E-state index is 16.2. The van der Waals surface area contributed by atoms with Crippen molar-refractivity contribution < 1.29 is 36.8 Å². The molecule has 0 unspecified atom stereocenters. The van der Waals surface area contributed by atoms with Gasteiger partial charge in [0.05, 0.1) is 50.4 Å². The molecule has 64 heavy (non-hydrogen) atoms. The van der Waals surface area contributed by atoms with Crippen LogP contribution in [0.25, 0.3) is 21.8 Å². The minimum absolute atomic E-state index is 0.0198. The second kappa shape index (κ2) is 17.3. The number of anilines is 3. The number of sulfonamides is 1. The first kappa shape index (κ1) is 43.4. The molecule has 2 aromatic carbocycles. The Balaban J connectivity index is 0.800. The summed E-state index contributed by atoms with van der Waals surface area (Å²) in [5.41, 5.74) is 2.39. The topological polar surface area (TPSA) is 207 Å². The molecule has 0 aliphatic carbocycles. The van der Waals surface area contributed by atoms with Crippen molar-refractivity contribution in [2.24, 2.45) is 5.41 Å². The van der Waals surface area contributed by atoms with Crippen LogP contribution in [-0.2, 0) is 24.4 Å². The van der Waals surface area contributed by atoms with Crippen LogP contribution in [0, 0.1) is 11.2 Å². The normalized spacial score (nSPS) is 20.4. The molecule has 3 N–H and O–H groups in total. The van der Waals surface area contributed by atoms with E-state index in [0.717, 1.165) is 54.6 Å². The molecule has 4 fully saturated rings. The highest BCUT2D eigenvalue weighted by molar-refractivity contribution is 7.92. The lowest BCUT2D eigenvalue weighted by Crippen LogP contribution is -2.61. The van der Waals surface area contributed by atoms with Crippen LogP contribution in [-0.4, -0.2) is 132 Å². The fraction of sp³-hybridized carbons (Fsp3) is 0.455. The van der Waals surface area contributed by atoms with Crippen LogP contribution in [0.15, 0.2) is 48.7 Å². The second-order valence-electron chi connectivity index (χ2n) is 17.3. The molecular weight excluding hydrogens is 864 g/mol. The van der Waals surface area contributed by atoms with E-state index in [-0.39, 0.29) is 58.2 Å². The smallest absolute Gasteiger partial charge is 0.262 e.